The molecular weight excluding hydrogens is 406 g/mol. The number of benzene rings is 1. The van der Waals surface area contributed by atoms with E-state index in [0.717, 1.165) is 13.0 Å². The molecule has 8 nitrogen and oxygen atoms in total. The summed E-state index contributed by atoms with van der Waals surface area (Å²) < 4.78 is 38.9. The van der Waals surface area contributed by atoms with Gasteiger partial charge in [-0.15, -0.1) is 0 Å². The van der Waals surface area contributed by atoms with Crippen molar-refractivity contribution in [1.82, 2.24) is 14.1 Å². The van der Waals surface area contributed by atoms with Crippen LogP contribution in [0.15, 0.2) is 23.1 Å². The molecule has 2 fully saturated rings. The quantitative estimate of drug-likeness (QED) is 0.641. The van der Waals surface area contributed by atoms with Crippen LogP contribution >= 0.6 is 0 Å². The van der Waals surface area contributed by atoms with Crippen LogP contribution in [0.2, 0.25) is 0 Å². The van der Waals surface area contributed by atoms with E-state index in [0.29, 0.717) is 50.5 Å². The summed E-state index contributed by atoms with van der Waals surface area (Å²) >= 11 is 0. The van der Waals surface area contributed by atoms with E-state index in [4.69, 9.17) is 9.47 Å². The highest BCUT2D eigenvalue weighted by atomic mass is 32.2. The molecule has 168 valence electrons. The second kappa shape index (κ2) is 9.53. The van der Waals surface area contributed by atoms with Gasteiger partial charge >= 0.3 is 0 Å². The third kappa shape index (κ3) is 4.90. The average molecular weight is 440 g/mol. The third-order valence-corrected chi connectivity index (χ3v) is 8.11. The molecule has 0 saturated carbocycles. The monoisotopic (exact) mass is 439 g/mol. The number of sulfonamides is 1. The molecule has 1 amide bonds. The van der Waals surface area contributed by atoms with Gasteiger partial charge in [0.15, 0.2) is 0 Å². The summed E-state index contributed by atoms with van der Waals surface area (Å²) in [6.07, 6.45) is 2.03. The Morgan fingerprint density at radius 2 is 1.83 bits per heavy atom. The number of rotatable bonds is 7. The Morgan fingerprint density at radius 3 is 2.50 bits per heavy atom. The molecule has 1 aromatic carbocycles. The average Bonchev–Trinajstić information content (AvgIpc) is 2.89. The molecule has 3 rings (SSSR count). The maximum Gasteiger partial charge on any atom is 0.246 e. The fraction of sp³-hybridized carbons (Fsp3) is 0.667. The number of fused-ring (bicyclic) bond motifs is 1. The van der Waals surface area contributed by atoms with Crippen molar-refractivity contribution >= 4 is 15.9 Å². The molecule has 2 aliphatic rings. The number of likely N-dealkylation sites (N-methyl/N-ethyl adjacent to an activating group) is 1. The predicted molar refractivity (Wildman–Crippen MR) is 114 cm³/mol. The maximum absolute atomic E-state index is 13.4. The predicted octanol–water partition coefficient (Wildman–Crippen LogP) is 1.51. The third-order valence-electron chi connectivity index (χ3n) is 6.22. The van der Waals surface area contributed by atoms with Crippen LogP contribution in [0.5, 0.6) is 11.5 Å². The van der Waals surface area contributed by atoms with Crippen LogP contribution < -0.4 is 9.47 Å². The molecule has 2 unspecified atom stereocenters. The largest absolute Gasteiger partial charge is 0.497 e. The van der Waals surface area contributed by atoms with Crippen LogP contribution in [0.4, 0.5) is 0 Å². The van der Waals surface area contributed by atoms with E-state index in [-0.39, 0.29) is 22.6 Å². The van der Waals surface area contributed by atoms with E-state index >= 15 is 0 Å². The standard InChI is InChI=1S/C21H33N3O5S/c1-22(2)11-12-23-9-7-17-15-24(10-8-16(17)13-21(23)25)30(26,27)20-14-18(28-3)5-6-19(20)29-4/h5-6,14,16-17H,7-13,15H2,1-4H3. The van der Waals surface area contributed by atoms with Gasteiger partial charge in [0.05, 0.1) is 14.2 Å². The Balaban J connectivity index is 1.76. The molecular formula is C21H33N3O5S. The van der Waals surface area contributed by atoms with Crippen molar-refractivity contribution in [2.75, 3.05) is 61.0 Å². The number of likely N-dealkylation sites (tertiary alicyclic amines) is 1. The Morgan fingerprint density at radius 1 is 1.10 bits per heavy atom. The van der Waals surface area contributed by atoms with E-state index < -0.39 is 10.0 Å². The number of ether oxygens (including phenoxy) is 2. The SMILES string of the molecule is COc1ccc(OC)c(S(=O)(=O)N2CCC3CC(=O)N(CCN(C)C)CCC3C2)c1. The lowest BCUT2D eigenvalue weighted by Gasteiger charge is -2.36. The van der Waals surface area contributed by atoms with Crippen LogP contribution in [0.25, 0.3) is 0 Å². The number of methoxy groups -OCH3 is 2. The Bertz CT molecular complexity index is 858. The second-order valence-electron chi connectivity index (χ2n) is 8.37. The van der Waals surface area contributed by atoms with E-state index in [1.54, 1.807) is 16.4 Å². The van der Waals surface area contributed by atoms with Gasteiger partial charge in [-0.3, -0.25) is 4.79 Å². The number of nitrogens with zero attached hydrogens (tertiary/aromatic N) is 3. The van der Waals surface area contributed by atoms with E-state index in [2.05, 4.69) is 4.90 Å². The van der Waals surface area contributed by atoms with Crippen molar-refractivity contribution in [1.29, 1.82) is 0 Å². The number of carbonyl (C=O) groups excluding carboxylic acids is 1. The summed E-state index contributed by atoms with van der Waals surface area (Å²) in [7, 11) is 3.24. The number of piperidine rings is 1. The molecule has 2 heterocycles. The zero-order chi connectivity index (χ0) is 21.9. The van der Waals surface area contributed by atoms with Crippen LogP contribution in [0.1, 0.15) is 19.3 Å². The lowest BCUT2D eigenvalue weighted by Crippen LogP contribution is -2.43. The van der Waals surface area contributed by atoms with E-state index in [1.165, 1.54) is 20.3 Å². The van der Waals surface area contributed by atoms with Gasteiger partial charge in [0.2, 0.25) is 15.9 Å². The summed E-state index contributed by atoms with van der Waals surface area (Å²) in [4.78, 5) is 16.8. The fourth-order valence-electron chi connectivity index (χ4n) is 4.34. The molecule has 2 aliphatic heterocycles. The first kappa shape index (κ1) is 22.8. The van der Waals surface area contributed by atoms with Crippen molar-refractivity contribution < 1.29 is 22.7 Å². The maximum atomic E-state index is 13.4. The van der Waals surface area contributed by atoms with Gasteiger partial charge in [-0.1, -0.05) is 0 Å². The van der Waals surface area contributed by atoms with Crippen LogP contribution in [-0.4, -0.2) is 89.5 Å². The topological polar surface area (TPSA) is 79.4 Å². The van der Waals surface area contributed by atoms with Gasteiger partial charge in [-0.2, -0.15) is 4.31 Å². The van der Waals surface area contributed by atoms with Gasteiger partial charge in [0.1, 0.15) is 16.4 Å². The zero-order valence-electron chi connectivity index (χ0n) is 18.3. The first-order valence-corrected chi connectivity index (χ1v) is 11.8. The summed E-state index contributed by atoms with van der Waals surface area (Å²) in [6, 6.07) is 4.81. The molecule has 0 radical (unpaired) electrons. The van der Waals surface area contributed by atoms with E-state index in [1.807, 2.05) is 19.0 Å². The smallest absolute Gasteiger partial charge is 0.246 e. The molecule has 2 atom stereocenters. The van der Waals surface area contributed by atoms with Crippen molar-refractivity contribution in [3.8, 4) is 11.5 Å². The Kier molecular flexibility index (Phi) is 7.26. The molecule has 2 saturated heterocycles. The van der Waals surface area contributed by atoms with Crippen LogP contribution in [0.3, 0.4) is 0 Å². The number of carbonyl (C=O) groups is 1. The van der Waals surface area contributed by atoms with Gasteiger partial charge in [0, 0.05) is 45.2 Å². The van der Waals surface area contributed by atoms with Crippen LogP contribution in [-0.2, 0) is 14.8 Å². The molecule has 0 aliphatic carbocycles. The normalized spacial score (nSPS) is 23.2. The van der Waals surface area contributed by atoms with Crippen molar-refractivity contribution in [3.05, 3.63) is 18.2 Å². The van der Waals surface area contributed by atoms with Gasteiger partial charge in [-0.05, 0) is 50.9 Å². The summed E-state index contributed by atoms with van der Waals surface area (Å²) in [5.74, 6) is 1.39. The highest BCUT2D eigenvalue weighted by Gasteiger charge is 2.39. The summed E-state index contributed by atoms with van der Waals surface area (Å²) in [5.41, 5.74) is 0. The van der Waals surface area contributed by atoms with E-state index in [9.17, 15) is 13.2 Å². The molecule has 9 heteroatoms. The van der Waals surface area contributed by atoms with Gasteiger partial charge < -0.3 is 19.3 Å². The van der Waals surface area contributed by atoms with Gasteiger partial charge in [0.25, 0.3) is 0 Å². The molecule has 30 heavy (non-hydrogen) atoms. The number of hydrogen-bond acceptors (Lipinski definition) is 6. The van der Waals surface area contributed by atoms with Gasteiger partial charge in [-0.25, -0.2) is 8.42 Å². The van der Waals surface area contributed by atoms with Crippen molar-refractivity contribution in [2.24, 2.45) is 11.8 Å². The number of hydrogen-bond donors (Lipinski definition) is 0. The number of amides is 1. The first-order chi connectivity index (χ1) is 14.3. The summed E-state index contributed by atoms with van der Waals surface area (Å²) in [5, 5.41) is 0. The molecule has 0 N–H and O–H groups in total. The second-order valence-corrected chi connectivity index (χ2v) is 10.3. The molecule has 0 spiro atoms. The fourth-order valence-corrected chi connectivity index (χ4v) is 6.03. The van der Waals surface area contributed by atoms with Crippen LogP contribution in [0, 0.1) is 11.8 Å². The molecule has 0 aromatic heterocycles. The lowest BCUT2D eigenvalue weighted by atomic mass is 9.83. The molecule has 0 bridgehead atoms. The first-order valence-electron chi connectivity index (χ1n) is 10.4. The lowest BCUT2D eigenvalue weighted by molar-refractivity contribution is -0.131. The summed E-state index contributed by atoms with van der Waals surface area (Å²) in [6.45, 7) is 3.08. The Hall–Kier alpha value is -1.84. The van der Waals surface area contributed by atoms with Crippen molar-refractivity contribution in [3.63, 3.8) is 0 Å². The Labute approximate surface area is 179 Å². The minimum absolute atomic E-state index is 0.125. The highest BCUT2D eigenvalue weighted by molar-refractivity contribution is 7.89. The minimum atomic E-state index is -3.73. The highest BCUT2D eigenvalue weighted by Crippen LogP contribution is 2.37. The molecule has 1 aromatic rings. The zero-order valence-corrected chi connectivity index (χ0v) is 19.2. The minimum Gasteiger partial charge on any atom is -0.497 e. The van der Waals surface area contributed by atoms with Crippen molar-refractivity contribution in [2.45, 2.75) is 24.2 Å².